The summed E-state index contributed by atoms with van der Waals surface area (Å²) in [4.78, 5) is 25.8. The van der Waals surface area contributed by atoms with Crippen LogP contribution < -0.4 is 15.5 Å². The van der Waals surface area contributed by atoms with Gasteiger partial charge >= 0.3 is 0 Å². The number of thiophene rings is 1. The van der Waals surface area contributed by atoms with E-state index < -0.39 is 0 Å². The molecule has 0 atom stereocenters. The van der Waals surface area contributed by atoms with Crippen LogP contribution in [0.2, 0.25) is 0 Å². The van der Waals surface area contributed by atoms with Gasteiger partial charge in [0.25, 0.3) is 0 Å². The number of nitrogens with one attached hydrogen (secondary N) is 2. The van der Waals surface area contributed by atoms with Crippen molar-refractivity contribution in [3.63, 3.8) is 0 Å². The molecule has 124 valence electrons. The Labute approximate surface area is 150 Å². The molecule has 0 unspecified atom stereocenters. The first-order valence-corrected chi connectivity index (χ1v) is 8.42. The third-order valence-corrected chi connectivity index (χ3v) is 4.18. The second kappa shape index (κ2) is 8.37. The number of rotatable bonds is 4. The van der Waals surface area contributed by atoms with Crippen molar-refractivity contribution in [3.05, 3.63) is 52.7 Å². The molecule has 0 radical (unpaired) electrons. The molecular formula is C17H17N3O2S2. The minimum Gasteiger partial charge on any atom is -0.332 e. The monoisotopic (exact) mass is 359 g/mol. The van der Waals surface area contributed by atoms with Crippen LogP contribution in [0.1, 0.15) is 11.8 Å². The van der Waals surface area contributed by atoms with Crippen LogP contribution in [0.15, 0.2) is 47.9 Å². The molecule has 2 rings (SSSR count). The van der Waals surface area contributed by atoms with Gasteiger partial charge in [0.15, 0.2) is 5.11 Å². The van der Waals surface area contributed by atoms with Gasteiger partial charge in [-0.05, 0) is 47.9 Å². The lowest BCUT2D eigenvalue weighted by atomic mass is 10.2. The molecule has 24 heavy (non-hydrogen) atoms. The molecule has 2 N–H and O–H groups in total. The van der Waals surface area contributed by atoms with Gasteiger partial charge in [-0.2, -0.15) is 0 Å². The highest BCUT2D eigenvalue weighted by atomic mass is 32.1. The van der Waals surface area contributed by atoms with Crippen molar-refractivity contribution < 1.29 is 9.59 Å². The average molecular weight is 359 g/mol. The zero-order valence-corrected chi connectivity index (χ0v) is 14.9. The summed E-state index contributed by atoms with van der Waals surface area (Å²) < 4.78 is 0. The smallest absolute Gasteiger partial charge is 0.250 e. The number of thiocarbonyl (C=S) groups is 1. The van der Waals surface area contributed by atoms with Crippen LogP contribution in [0.5, 0.6) is 0 Å². The Morgan fingerprint density at radius 2 is 2.04 bits per heavy atom. The van der Waals surface area contributed by atoms with Crippen LogP contribution in [-0.4, -0.2) is 24.0 Å². The van der Waals surface area contributed by atoms with Gasteiger partial charge in [0.1, 0.15) is 0 Å². The minimum absolute atomic E-state index is 0.0678. The van der Waals surface area contributed by atoms with Gasteiger partial charge in [0, 0.05) is 36.3 Å². The number of anilines is 2. The van der Waals surface area contributed by atoms with Crippen molar-refractivity contribution >= 4 is 57.9 Å². The first kappa shape index (κ1) is 17.8. The lowest BCUT2D eigenvalue weighted by Crippen LogP contribution is -2.32. The van der Waals surface area contributed by atoms with Gasteiger partial charge in [-0.15, -0.1) is 11.3 Å². The first-order chi connectivity index (χ1) is 11.5. The number of nitrogens with zero attached hydrogens (tertiary/aromatic N) is 1. The van der Waals surface area contributed by atoms with E-state index in [0.717, 1.165) is 10.6 Å². The number of carbonyl (C=O) groups is 2. The molecule has 0 aliphatic heterocycles. The molecule has 2 aromatic rings. The molecule has 1 aromatic heterocycles. The van der Waals surface area contributed by atoms with Gasteiger partial charge in [-0.25, -0.2) is 0 Å². The summed E-state index contributed by atoms with van der Waals surface area (Å²) in [6.07, 6.45) is 3.16. The van der Waals surface area contributed by atoms with E-state index >= 15 is 0 Å². The molecule has 0 aliphatic rings. The van der Waals surface area contributed by atoms with Gasteiger partial charge in [0.2, 0.25) is 11.8 Å². The molecule has 0 saturated carbocycles. The fourth-order valence-corrected chi connectivity index (χ4v) is 2.67. The summed E-state index contributed by atoms with van der Waals surface area (Å²) in [7, 11) is 1.69. The number of benzene rings is 1. The number of carbonyl (C=O) groups excluding carboxylic acids is 2. The molecule has 1 aromatic carbocycles. The summed E-state index contributed by atoms with van der Waals surface area (Å²) in [6.45, 7) is 1.49. The third kappa shape index (κ3) is 5.29. The molecule has 0 fully saturated rings. The van der Waals surface area contributed by atoms with Crippen LogP contribution in [0, 0.1) is 0 Å². The molecule has 7 heteroatoms. The quantitative estimate of drug-likeness (QED) is 0.650. The number of hydrogen-bond acceptors (Lipinski definition) is 4. The Morgan fingerprint density at radius 1 is 1.25 bits per heavy atom. The molecule has 0 bridgehead atoms. The molecule has 5 nitrogen and oxygen atoms in total. The standard InChI is InChI=1S/C17H17N3O2S2/c1-12(21)20(2)14-6-3-5-13(11-14)18-17(23)19-16(22)9-8-15-7-4-10-24-15/h3-11H,1-2H3,(H2,18,19,22,23)/b9-8+. The van der Waals surface area contributed by atoms with E-state index in [4.69, 9.17) is 12.2 Å². The Balaban J connectivity index is 1.93. The zero-order valence-electron chi connectivity index (χ0n) is 13.3. The van der Waals surface area contributed by atoms with E-state index in [2.05, 4.69) is 10.6 Å². The van der Waals surface area contributed by atoms with Crippen molar-refractivity contribution in [2.75, 3.05) is 17.3 Å². The van der Waals surface area contributed by atoms with Crippen molar-refractivity contribution in [1.82, 2.24) is 5.32 Å². The Hall–Kier alpha value is -2.51. The predicted octanol–water partition coefficient (Wildman–Crippen LogP) is 3.26. The van der Waals surface area contributed by atoms with E-state index in [1.54, 1.807) is 42.7 Å². The maximum Gasteiger partial charge on any atom is 0.250 e. The number of amides is 2. The molecular weight excluding hydrogens is 342 g/mol. The SMILES string of the molecule is CC(=O)N(C)c1cccc(NC(=S)NC(=O)/C=C/c2cccs2)c1. The van der Waals surface area contributed by atoms with Crippen LogP contribution in [0.3, 0.4) is 0 Å². The lowest BCUT2D eigenvalue weighted by molar-refractivity contribution is -0.116. The second-order valence-electron chi connectivity index (χ2n) is 4.92. The summed E-state index contributed by atoms with van der Waals surface area (Å²) in [5, 5.41) is 7.64. The summed E-state index contributed by atoms with van der Waals surface area (Å²) >= 11 is 6.68. The highest BCUT2D eigenvalue weighted by Crippen LogP contribution is 2.18. The number of hydrogen-bond donors (Lipinski definition) is 2. The van der Waals surface area contributed by atoms with Crippen molar-refractivity contribution in [2.45, 2.75) is 6.92 Å². The van der Waals surface area contributed by atoms with Crippen LogP contribution in [0.4, 0.5) is 11.4 Å². The maximum absolute atomic E-state index is 11.8. The molecule has 0 aliphatic carbocycles. The topological polar surface area (TPSA) is 61.4 Å². The van der Waals surface area contributed by atoms with E-state index in [1.807, 2.05) is 23.6 Å². The van der Waals surface area contributed by atoms with Crippen LogP contribution in [0.25, 0.3) is 6.08 Å². The van der Waals surface area contributed by atoms with Gasteiger partial charge in [0.05, 0.1) is 0 Å². The van der Waals surface area contributed by atoms with Gasteiger partial charge in [-0.1, -0.05) is 12.1 Å². The largest absolute Gasteiger partial charge is 0.332 e. The summed E-state index contributed by atoms with van der Waals surface area (Å²) in [5.41, 5.74) is 1.42. The Bertz CT molecular complexity index is 770. The van der Waals surface area contributed by atoms with Gasteiger partial charge in [-0.3, -0.25) is 14.9 Å². The first-order valence-electron chi connectivity index (χ1n) is 7.13. The predicted molar refractivity (Wildman–Crippen MR) is 103 cm³/mol. The van der Waals surface area contributed by atoms with E-state index in [9.17, 15) is 9.59 Å². The molecule has 0 saturated heterocycles. The van der Waals surface area contributed by atoms with Crippen molar-refractivity contribution in [1.29, 1.82) is 0 Å². The van der Waals surface area contributed by atoms with Gasteiger partial charge < -0.3 is 10.2 Å². The molecule has 0 spiro atoms. The van der Waals surface area contributed by atoms with E-state index in [1.165, 1.54) is 17.9 Å². The normalized spacial score (nSPS) is 10.4. The molecule has 1 heterocycles. The average Bonchev–Trinajstić information content (AvgIpc) is 3.05. The Morgan fingerprint density at radius 3 is 2.71 bits per heavy atom. The Kier molecular flexibility index (Phi) is 6.22. The highest BCUT2D eigenvalue weighted by Gasteiger charge is 2.07. The minimum atomic E-state index is -0.307. The fraction of sp³-hybridized carbons (Fsp3) is 0.118. The highest BCUT2D eigenvalue weighted by molar-refractivity contribution is 7.80. The molecule has 2 amide bonds. The summed E-state index contributed by atoms with van der Waals surface area (Å²) in [6, 6.07) is 11.0. The maximum atomic E-state index is 11.8. The van der Waals surface area contributed by atoms with E-state index in [-0.39, 0.29) is 16.9 Å². The van der Waals surface area contributed by atoms with Crippen molar-refractivity contribution in [3.8, 4) is 0 Å². The zero-order chi connectivity index (χ0) is 17.5. The van der Waals surface area contributed by atoms with E-state index in [0.29, 0.717) is 5.69 Å². The van der Waals surface area contributed by atoms with Crippen LogP contribution in [-0.2, 0) is 9.59 Å². The summed E-state index contributed by atoms with van der Waals surface area (Å²) in [5.74, 6) is -0.375. The van der Waals surface area contributed by atoms with Crippen LogP contribution >= 0.6 is 23.6 Å². The lowest BCUT2D eigenvalue weighted by Gasteiger charge is -2.16. The third-order valence-electron chi connectivity index (χ3n) is 3.14. The van der Waals surface area contributed by atoms with Crippen molar-refractivity contribution in [2.24, 2.45) is 0 Å². The fourth-order valence-electron chi connectivity index (χ4n) is 1.83. The second-order valence-corrected chi connectivity index (χ2v) is 6.31.